The van der Waals surface area contributed by atoms with Crippen LogP contribution in [0.25, 0.3) is 5.76 Å². The van der Waals surface area contributed by atoms with Gasteiger partial charge < -0.3 is 14.6 Å². The van der Waals surface area contributed by atoms with Crippen molar-refractivity contribution in [3.05, 3.63) is 101 Å². The fourth-order valence-corrected chi connectivity index (χ4v) is 4.47. The largest absolute Gasteiger partial charge is 0.507 e. The summed E-state index contributed by atoms with van der Waals surface area (Å²) in [5.41, 5.74) is 2.78. The first kappa shape index (κ1) is 28.6. The SMILES string of the molecule is Cc1cccc(C2/C(=C(\O)c3ccc(OCC(C)C)cc3)C(=O)C(=O)N2c2ccc(C(=O)OCC(C)C)cc2)c1. The molecule has 208 valence electrons. The summed E-state index contributed by atoms with van der Waals surface area (Å²) in [6, 6.07) is 19.8. The molecule has 1 aliphatic heterocycles. The van der Waals surface area contributed by atoms with Gasteiger partial charge in [0.25, 0.3) is 11.7 Å². The highest BCUT2D eigenvalue weighted by Gasteiger charge is 2.47. The van der Waals surface area contributed by atoms with Crippen molar-refractivity contribution in [3.8, 4) is 5.75 Å². The highest BCUT2D eigenvalue weighted by atomic mass is 16.5. The number of rotatable bonds is 9. The minimum atomic E-state index is -0.865. The van der Waals surface area contributed by atoms with Crippen molar-refractivity contribution >= 4 is 29.1 Å². The molecule has 1 N–H and O–H groups in total. The number of aliphatic hydroxyl groups excluding tert-OH is 1. The molecule has 1 heterocycles. The first-order valence-corrected chi connectivity index (χ1v) is 13.4. The Hall–Kier alpha value is -4.39. The summed E-state index contributed by atoms with van der Waals surface area (Å²) in [4.78, 5) is 40.7. The number of aryl methyl sites for hydroxylation is 1. The smallest absolute Gasteiger partial charge is 0.338 e. The van der Waals surface area contributed by atoms with Crippen LogP contribution in [0.15, 0.2) is 78.4 Å². The monoisotopic (exact) mass is 541 g/mol. The van der Waals surface area contributed by atoms with Gasteiger partial charge in [-0.25, -0.2) is 4.79 Å². The van der Waals surface area contributed by atoms with Crippen LogP contribution in [0, 0.1) is 18.8 Å². The Balaban J connectivity index is 1.74. The molecule has 0 spiro atoms. The van der Waals surface area contributed by atoms with Gasteiger partial charge in [-0.2, -0.15) is 0 Å². The fraction of sp³-hybridized carbons (Fsp3) is 0.303. The van der Waals surface area contributed by atoms with Gasteiger partial charge >= 0.3 is 5.97 Å². The Bertz CT molecular complexity index is 1420. The van der Waals surface area contributed by atoms with Crippen molar-refractivity contribution in [1.29, 1.82) is 0 Å². The number of amides is 1. The maximum Gasteiger partial charge on any atom is 0.338 e. The lowest BCUT2D eigenvalue weighted by Crippen LogP contribution is -2.29. The van der Waals surface area contributed by atoms with Gasteiger partial charge in [0.05, 0.1) is 30.4 Å². The normalized spacial score (nSPS) is 16.6. The number of nitrogens with zero attached hydrogens (tertiary/aromatic N) is 1. The number of Topliss-reactive ketones (excluding diaryl/α,β-unsaturated/α-hetero) is 1. The van der Waals surface area contributed by atoms with Gasteiger partial charge in [0.15, 0.2) is 0 Å². The van der Waals surface area contributed by atoms with Crippen molar-refractivity contribution < 1.29 is 29.0 Å². The number of anilines is 1. The average molecular weight is 542 g/mol. The van der Waals surface area contributed by atoms with Crippen molar-refractivity contribution in [3.63, 3.8) is 0 Å². The number of hydrogen-bond acceptors (Lipinski definition) is 6. The molecule has 0 aliphatic carbocycles. The summed E-state index contributed by atoms with van der Waals surface area (Å²) in [7, 11) is 0. The number of benzene rings is 3. The first-order valence-electron chi connectivity index (χ1n) is 13.4. The van der Waals surface area contributed by atoms with E-state index in [4.69, 9.17) is 9.47 Å². The van der Waals surface area contributed by atoms with Crippen LogP contribution in [-0.2, 0) is 14.3 Å². The molecule has 0 aromatic heterocycles. The molecule has 7 heteroatoms. The molecular weight excluding hydrogens is 506 g/mol. The maximum absolute atomic E-state index is 13.4. The van der Waals surface area contributed by atoms with Gasteiger partial charge in [0.1, 0.15) is 11.5 Å². The van der Waals surface area contributed by atoms with E-state index < -0.39 is 23.7 Å². The molecule has 1 fully saturated rings. The third-order valence-corrected chi connectivity index (χ3v) is 6.44. The molecule has 40 heavy (non-hydrogen) atoms. The molecule has 0 bridgehead atoms. The quantitative estimate of drug-likeness (QED) is 0.144. The molecule has 3 aromatic carbocycles. The Morgan fingerprint density at radius 1 is 0.875 bits per heavy atom. The lowest BCUT2D eigenvalue weighted by Gasteiger charge is -2.26. The van der Waals surface area contributed by atoms with Gasteiger partial charge in [-0.3, -0.25) is 14.5 Å². The first-order chi connectivity index (χ1) is 19.1. The van der Waals surface area contributed by atoms with Crippen molar-refractivity contribution in [2.75, 3.05) is 18.1 Å². The van der Waals surface area contributed by atoms with Gasteiger partial charge in [0.2, 0.25) is 0 Å². The fourth-order valence-electron chi connectivity index (χ4n) is 4.47. The molecule has 1 atom stereocenters. The molecule has 1 unspecified atom stereocenters. The van der Waals surface area contributed by atoms with E-state index in [1.807, 2.05) is 45.0 Å². The number of hydrogen-bond donors (Lipinski definition) is 1. The minimum absolute atomic E-state index is 0.00753. The second-order valence-corrected chi connectivity index (χ2v) is 10.9. The van der Waals surface area contributed by atoms with Crippen molar-refractivity contribution in [2.24, 2.45) is 11.8 Å². The Kier molecular flexibility index (Phi) is 8.73. The number of ether oxygens (including phenoxy) is 2. The molecule has 0 radical (unpaired) electrons. The molecule has 1 aliphatic rings. The van der Waals surface area contributed by atoms with Crippen LogP contribution in [0.4, 0.5) is 5.69 Å². The van der Waals surface area contributed by atoms with E-state index in [1.54, 1.807) is 48.5 Å². The zero-order valence-electron chi connectivity index (χ0n) is 23.5. The highest BCUT2D eigenvalue weighted by molar-refractivity contribution is 6.51. The van der Waals surface area contributed by atoms with E-state index in [-0.39, 0.29) is 17.3 Å². The second-order valence-electron chi connectivity index (χ2n) is 10.9. The zero-order chi connectivity index (χ0) is 29.0. The molecule has 3 aromatic rings. The summed E-state index contributed by atoms with van der Waals surface area (Å²) in [5, 5.41) is 11.4. The van der Waals surface area contributed by atoms with E-state index in [1.165, 1.54) is 4.90 Å². The Morgan fingerprint density at radius 3 is 2.10 bits per heavy atom. The van der Waals surface area contributed by atoms with Crippen molar-refractivity contribution in [1.82, 2.24) is 0 Å². The Labute approximate surface area is 235 Å². The minimum Gasteiger partial charge on any atom is -0.507 e. The third-order valence-electron chi connectivity index (χ3n) is 6.44. The maximum atomic E-state index is 13.4. The molecule has 4 rings (SSSR count). The van der Waals surface area contributed by atoms with Crippen LogP contribution in [0.5, 0.6) is 5.75 Å². The average Bonchev–Trinajstić information content (AvgIpc) is 3.20. The summed E-state index contributed by atoms with van der Waals surface area (Å²) < 4.78 is 11.0. The van der Waals surface area contributed by atoms with Crippen LogP contribution in [0.1, 0.15) is 60.8 Å². The van der Waals surface area contributed by atoms with E-state index >= 15 is 0 Å². The van der Waals surface area contributed by atoms with Gasteiger partial charge in [-0.05, 0) is 72.9 Å². The molecule has 1 saturated heterocycles. The number of carbonyl (C=O) groups excluding carboxylic acids is 3. The van der Waals surface area contributed by atoms with E-state index in [2.05, 4.69) is 13.8 Å². The molecule has 7 nitrogen and oxygen atoms in total. The highest BCUT2D eigenvalue weighted by Crippen LogP contribution is 2.42. The van der Waals surface area contributed by atoms with Crippen LogP contribution < -0.4 is 9.64 Å². The zero-order valence-corrected chi connectivity index (χ0v) is 23.5. The topological polar surface area (TPSA) is 93.1 Å². The second kappa shape index (κ2) is 12.2. The van der Waals surface area contributed by atoms with E-state index in [0.29, 0.717) is 47.3 Å². The lowest BCUT2D eigenvalue weighted by molar-refractivity contribution is -0.132. The number of ketones is 1. The number of esters is 1. The summed E-state index contributed by atoms with van der Waals surface area (Å²) >= 11 is 0. The number of aliphatic hydroxyl groups is 1. The van der Waals surface area contributed by atoms with E-state index in [9.17, 15) is 19.5 Å². The van der Waals surface area contributed by atoms with E-state index in [0.717, 1.165) is 5.56 Å². The summed E-state index contributed by atoms with van der Waals surface area (Å²) in [6.07, 6.45) is 0. The van der Waals surface area contributed by atoms with Gasteiger partial charge in [-0.15, -0.1) is 0 Å². The van der Waals surface area contributed by atoms with Gasteiger partial charge in [0, 0.05) is 11.3 Å². The molecule has 1 amide bonds. The summed E-state index contributed by atoms with van der Waals surface area (Å²) in [5.74, 6) is -1.07. The Morgan fingerprint density at radius 2 is 1.50 bits per heavy atom. The third kappa shape index (κ3) is 6.25. The standard InChI is InChI=1S/C33H35NO6/c1-20(2)18-39-27-15-11-23(12-16-27)30(35)28-29(25-8-6-7-22(5)17-25)34(32(37)31(28)36)26-13-9-24(10-14-26)33(38)40-19-21(3)4/h6-17,20-21,29,35H,18-19H2,1-5H3/b30-28+. The van der Waals surface area contributed by atoms with Gasteiger partial charge in [-0.1, -0.05) is 57.5 Å². The van der Waals surface area contributed by atoms with Crippen LogP contribution >= 0.6 is 0 Å². The number of carbonyl (C=O) groups is 3. The molecule has 0 saturated carbocycles. The lowest BCUT2D eigenvalue weighted by atomic mass is 9.94. The van der Waals surface area contributed by atoms with Crippen LogP contribution in [0.3, 0.4) is 0 Å². The predicted octanol–water partition coefficient (Wildman–Crippen LogP) is 6.47. The summed E-state index contributed by atoms with van der Waals surface area (Å²) in [6.45, 7) is 10.8. The molecular formula is C33H35NO6. The van der Waals surface area contributed by atoms with Crippen LogP contribution in [-0.4, -0.2) is 36.0 Å². The van der Waals surface area contributed by atoms with Crippen LogP contribution in [0.2, 0.25) is 0 Å². The van der Waals surface area contributed by atoms with Crippen molar-refractivity contribution in [2.45, 2.75) is 40.7 Å². The predicted molar refractivity (Wildman–Crippen MR) is 154 cm³/mol.